The number of anilines is 1. The molecule has 0 atom stereocenters. The van der Waals surface area contributed by atoms with Crippen LogP contribution in [0.3, 0.4) is 0 Å². The van der Waals surface area contributed by atoms with Crippen molar-refractivity contribution >= 4 is 23.4 Å². The van der Waals surface area contributed by atoms with Crippen LogP contribution in [0, 0.1) is 13.8 Å². The Kier molecular flexibility index (Phi) is 7.15. The second-order valence-corrected chi connectivity index (χ2v) is 9.11. The maximum Gasteiger partial charge on any atom is 0.234 e. The number of carbonyl (C=O) groups excluding carboxylic acids is 1. The number of amides is 1. The van der Waals surface area contributed by atoms with Crippen molar-refractivity contribution in [2.45, 2.75) is 64.8 Å². The number of ether oxygens (including phenoxy) is 1. The Hall–Kier alpha value is -2.80. The summed E-state index contributed by atoms with van der Waals surface area (Å²) < 4.78 is 8.16. The predicted octanol–water partition coefficient (Wildman–Crippen LogP) is 5.10. The van der Waals surface area contributed by atoms with E-state index in [-0.39, 0.29) is 11.7 Å². The molecule has 0 fully saturated rings. The summed E-state index contributed by atoms with van der Waals surface area (Å²) >= 11 is 1.39. The SMILES string of the molecule is CCn1c(COc2ccc3c(c2C)CCCC3)nnc1SCC(=O)Nc1ccc(C)cc1. The van der Waals surface area contributed by atoms with E-state index in [1.54, 1.807) is 0 Å². The molecule has 7 heteroatoms. The van der Waals surface area contributed by atoms with Gasteiger partial charge in [-0.05, 0) is 81.3 Å². The summed E-state index contributed by atoms with van der Waals surface area (Å²) in [7, 11) is 0. The van der Waals surface area contributed by atoms with E-state index in [9.17, 15) is 4.79 Å². The maximum absolute atomic E-state index is 12.3. The van der Waals surface area contributed by atoms with Crippen LogP contribution in [-0.4, -0.2) is 26.4 Å². The number of nitrogens with zero attached hydrogens (tertiary/aromatic N) is 3. The minimum Gasteiger partial charge on any atom is -0.485 e. The van der Waals surface area contributed by atoms with Gasteiger partial charge in [-0.15, -0.1) is 10.2 Å². The van der Waals surface area contributed by atoms with Crippen LogP contribution in [-0.2, 0) is 30.8 Å². The Balaban J connectivity index is 1.37. The van der Waals surface area contributed by atoms with Crippen molar-refractivity contribution in [3.8, 4) is 5.75 Å². The molecule has 168 valence electrons. The number of carbonyl (C=O) groups is 1. The van der Waals surface area contributed by atoms with Crippen LogP contribution in [0.2, 0.25) is 0 Å². The highest BCUT2D eigenvalue weighted by atomic mass is 32.2. The molecular formula is C25H30N4O2S. The van der Waals surface area contributed by atoms with E-state index < -0.39 is 0 Å². The van der Waals surface area contributed by atoms with Crippen molar-refractivity contribution in [2.75, 3.05) is 11.1 Å². The monoisotopic (exact) mass is 450 g/mol. The van der Waals surface area contributed by atoms with Gasteiger partial charge in [-0.25, -0.2) is 0 Å². The molecule has 0 aliphatic heterocycles. The number of benzene rings is 2. The molecule has 0 saturated carbocycles. The average Bonchev–Trinajstić information content (AvgIpc) is 3.21. The summed E-state index contributed by atoms with van der Waals surface area (Å²) in [6.45, 7) is 7.30. The topological polar surface area (TPSA) is 69.0 Å². The van der Waals surface area contributed by atoms with E-state index >= 15 is 0 Å². The zero-order chi connectivity index (χ0) is 22.5. The van der Waals surface area contributed by atoms with Gasteiger partial charge in [-0.1, -0.05) is 35.5 Å². The van der Waals surface area contributed by atoms with Gasteiger partial charge in [0, 0.05) is 12.2 Å². The first-order chi connectivity index (χ1) is 15.5. The van der Waals surface area contributed by atoms with Gasteiger partial charge in [-0.3, -0.25) is 4.79 Å². The third-order valence-corrected chi connectivity index (χ3v) is 6.87. The minimum absolute atomic E-state index is 0.0630. The van der Waals surface area contributed by atoms with Gasteiger partial charge in [-0.2, -0.15) is 0 Å². The lowest BCUT2D eigenvalue weighted by Gasteiger charge is -2.20. The lowest BCUT2D eigenvalue weighted by atomic mass is 9.88. The number of fused-ring (bicyclic) bond motifs is 1. The number of aryl methyl sites for hydroxylation is 2. The molecule has 0 unspecified atom stereocenters. The lowest BCUT2D eigenvalue weighted by molar-refractivity contribution is -0.113. The van der Waals surface area contributed by atoms with Gasteiger partial charge in [0.05, 0.1) is 5.75 Å². The molecule has 1 aromatic heterocycles. The molecule has 4 rings (SSSR count). The van der Waals surface area contributed by atoms with Crippen molar-refractivity contribution in [2.24, 2.45) is 0 Å². The molecule has 1 heterocycles. The number of rotatable bonds is 8. The summed E-state index contributed by atoms with van der Waals surface area (Å²) in [5.41, 5.74) is 6.11. The quantitative estimate of drug-likeness (QED) is 0.483. The highest BCUT2D eigenvalue weighted by molar-refractivity contribution is 7.99. The van der Waals surface area contributed by atoms with Gasteiger partial charge < -0.3 is 14.6 Å². The molecular weight excluding hydrogens is 420 g/mol. The van der Waals surface area contributed by atoms with Gasteiger partial charge in [0.2, 0.25) is 5.91 Å². The van der Waals surface area contributed by atoms with Crippen LogP contribution in [0.25, 0.3) is 0 Å². The van der Waals surface area contributed by atoms with E-state index in [2.05, 4.69) is 34.6 Å². The summed E-state index contributed by atoms with van der Waals surface area (Å²) in [4.78, 5) is 12.3. The smallest absolute Gasteiger partial charge is 0.234 e. The third-order valence-electron chi connectivity index (χ3n) is 5.90. The third kappa shape index (κ3) is 5.15. The Morgan fingerprint density at radius 2 is 1.88 bits per heavy atom. The fourth-order valence-electron chi connectivity index (χ4n) is 4.10. The lowest BCUT2D eigenvalue weighted by Crippen LogP contribution is -2.15. The Bertz CT molecular complexity index is 1090. The number of hydrogen-bond donors (Lipinski definition) is 1. The van der Waals surface area contributed by atoms with E-state index in [0.717, 1.165) is 40.9 Å². The van der Waals surface area contributed by atoms with Crippen molar-refractivity contribution in [3.63, 3.8) is 0 Å². The summed E-state index contributed by atoms with van der Waals surface area (Å²) in [5, 5.41) is 12.3. The Labute approximate surface area is 193 Å². The largest absolute Gasteiger partial charge is 0.485 e. The zero-order valence-electron chi connectivity index (χ0n) is 19.0. The Morgan fingerprint density at radius 3 is 2.66 bits per heavy atom. The number of thioether (sulfide) groups is 1. The average molecular weight is 451 g/mol. The van der Waals surface area contributed by atoms with Crippen LogP contribution < -0.4 is 10.1 Å². The molecule has 1 aliphatic carbocycles. The van der Waals surface area contributed by atoms with Crippen molar-refractivity contribution in [1.29, 1.82) is 0 Å². The normalized spacial score (nSPS) is 13.0. The van der Waals surface area contributed by atoms with Gasteiger partial charge in [0.1, 0.15) is 12.4 Å². The first-order valence-electron chi connectivity index (χ1n) is 11.2. The first-order valence-corrected chi connectivity index (χ1v) is 12.2. The fourth-order valence-corrected chi connectivity index (χ4v) is 4.93. The van der Waals surface area contributed by atoms with Crippen molar-refractivity contribution < 1.29 is 9.53 Å². The molecule has 1 N–H and O–H groups in total. The zero-order valence-corrected chi connectivity index (χ0v) is 19.8. The first kappa shape index (κ1) is 22.4. The summed E-state index contributed by atoms with van der Waals surface area (Å²) in [6.07, 6.45) is 4.82. The highest BCUT2D eigenvalue weighted by Gasteiger charge is 2.17. The number of aromatic nitrogens is 3. The molecule has 0 radical (unpaired) electrons. The number of nitrogens with one attached hydrogen (secondary N) is 1. The van der Waals surface area contributed by atoms with E-state index in [1.165, 1.54) is 47.7 Å². The molecule has 6 nitrogen and oxygen atoms in total. The molecule has 3 aromatic rings. The molecule has 2 aromatic carbocycles. The maximum atomic E-state index is 12.3. The molecule has 0 bridgehead atoms. The van der Waals surface area contributed by atoms with Gasteiger partial charge in [0.25, 0.3) is 0 Å². The predicted molar refractivity (Wildman–Crippen MR) is 128 cm³/mol. The summed E-state index contributed by atoms with van der Waals surface area (Å²) in [6, 6.07) is 12.1. The fraction of sp³-hybridized carbons (Fsp3) is 0.400. The standard InChI is InChI=1S/C25H30N4O2S/c1-4-29-23(15-31-22-14-11-19-7-5-6-8-21(19)18(22)3)27-28-25(29)32-16-24(30)26-20-12-9-17(2)10-13-20/h9-14H,4-8,15-16H2,1-3H3,(H,26,30). The second-order valence-electron chi connectivity index (χ2n) is 8.17. The molecule has 0 saturated heterocycles. The van der Waals surface area contributed by atoms with Crippen LogP contribution in [0.1, 0.15) is 47.8 Å². The van der Waals surface area contributed by atoms with Crippen molar-refractivity contribution in [3.05, 3.63) is 64.5 Å². The highest BCUT2D eigenvalue weighted by Crippen LogP contribution is 2.31. The summed E-state index contributed by atoms with van der Waals surface area (Å²) in [5.74, 6) is 1.90. The minimum atomic E-state index is -0.0630. The van der Waals surface area contributed by atoms with Gasteiger partial charge >= 0.3 is 0 Å². The molecule has 0 spiro atoms. The van der Waals surface area contributed by atoms with Crippen LogP contribution in [0.4, 0.5) is 5.69 Å². The molecule has 1 amide bonds. The Morgan fingerprint density at radius 1 is 1.09 bits per heavy atom. The number of hydrogen-bond acceptors (Lipinski definition) is 5. The van der Waals surface area contributed by atoms with Gasteiger partial charge in [0.15, 0.2) is 11.0 Å². The molecule has 1 aliphatic rings. The van der Waals surface area contributed by atoms with Crippen LogP contribution in [0.5, 0.6) is 5.75 Å². The van der Waals surface area contributed by atoms with Crippen LogP contribution in [0.15, 0.2) is 41.6 Å². The van der Waals surface area contributed by atoms with E-state index in [1.807, 2.05) is 42.7 Å². The molecule has 32 heavy (non-hydrogen) atoms. The van der Waals surface area contributed by atoms with Crippen LogP contribution >= 0.6 is 11.8 Å². The van der Waals surface area contributed by atoms with Crippen molar-refractivity contribution in [1.82, 2.24) is 14.8 Å². The van der Waals surface area contributed by atoms with E-state index in [0.29, 0.717) is 6.61 Å². The second kappa shape index (κ2) is 10.2. The van der Waals surface area contributed by atoms with E-state index in [4.69, 9.17) is 4.74 Å².